The summed E-state index contributed by atoms with van der Waals surface area (Å²) in [6.45, 7) is -0.0584. The first kappa shape index (κ1) is 14.8. The van der Waals surface area contributed by atoms with E-state index in [2.05, 4.69) is 10.6 Å². The maximum atomic E-state index is 13.0. The second-order valence-corrected chi connectivity index (χ2v) is 4.26. The highest BCUT2D eigenvalue weighted by molar-refractivity contribution is 5.93. The van der Waals surface area contributed by atoms with Crippen molar-refractivity contribution in [1.29, 1.82) is 0 Å². The minimum atomic E-state index is -0.962. The number of halogens is 2. The molecule has 1 amide bonds. The normalized spacial score (nSPS) is 10.0. The average Bonchev–Trinajstić information content (AvgIpc) is 2.49. The predicted octanol–water partition coefficient (Wildman–Crippen LogP) is 3.02. The molecule has 0 fully saturated rings. The van der Waals surface area contributed by atoms with Crippen LogP contribution in [0.2, 0.25) is 0 Å². The Morgan fingerprint density at radius 3 is 2.33 bits per heavy atom. The summed E-state index contributed by atoms with van der Waals surface area (Å²) in [6, 6.07) is 10.2. The lowest BCUT2D eigenvalue weighted by atomic mass is 10.3. The number of ether oxygens (including phenoxy) is 1. The van der Waals surface area contributed by atoms with Crippen LogP contribution in [0.15, 0.2) is 42.5 Å². The van der Waals surface area contributed by atoms with Crippen LogP contribution in [0, 0.1) is 11.6 Å². The number of hydrogen-bond acceptors (Lipinski definition) is 3. The third-order valence-corrected chi connectivity index (χ3v) is 2.75. The van der Waals surface area contributed by atoms with Gasteiger partial charge < -0.3 is 15.4 Å². The molecule has 4 nitrogen and oxygen atoms in total. The topological polar surface area (TPSA) is 50.4 Å². The van der Waals surface area contributed by atoms with Gasteiger partial charge in [0.15, 0.2) is 11.6 Å². The van der Waals surface area contributed by atoms with Crippen LogP contribution in [0.4, 0.5) is 20.2 Å². The Morgan fingerprint density at radius 1 is 1.05 bits per heavy atom. The quantitative estimate of drug-likeness (QED) is 0.890. The molecular formula is C15H14F2N2O2. The van der Waals surface area contributed by atoms with Crippen LogP contribution in [-0.4, -0.2) is 19.6 Å². The monoisotopic (exact) mass is 292 g/mol. The highest BCUT2D eigenvalue weighted by Crippen LogP contribution is 2.15. The molecule has 2 rings (SSSR count). The molecule has 0 atom stereocenters. The molecule has 6 heteroatoms. The van der Waals surface area contributed by atoms with Gasteiger partial charge in [0.1, 0.15) is 5.75 Å². The number of carbonyl (C=O) groups is 1. The molecule has 0 radical (unpaired) electrons. The first-order chi connectivity index (χ1) is 10.1. The van der Waals surface area contributed by atoms with E-state index in [0.717, 1.165) is 12.1 Å². The summed E-state index contributed by atoms with van der Waals surface area (Å²) in [5.41, 5.74) is 0.951. The SMILES string of the molecule is COc1ccc(NC(=O)CNc2ccc(F)c(F)c2)cc1. The second-order valence-electron chi connectivity index (χ2n) is 4.26. The molecule has 0 unspecified atom stereocenters. The number of carbonyl (C=O) groups excluding carboxylic acids is 1. The minimum absolute atomic E-state index is 0.0584. The maximum Gasteiger partial charge on any atom is 0.243 e. The first-order valence-electron chi connectivity index (χ1n) is 6.21. The fraction of sp³-hybridized carbons (Fsp3) is 0.133. The summed E-state index contributed by atoms with van der Waals surface area (Å²) in [5, 5.41) is 5.38. The Hall–Kier alpha value is -2.63. The molecule has 0 aliphatic heterocycles. The van der Waals surface area contributed by atoms with Crippen molar-refractivity contribution >= 4 is 17.3 Å². The predicted molar refractivity (Wildman–Crippen MR) is 76.5 cm³/mol. The fourth-order valence-corrected chi connectivity index (χ4v) is 1.67. The van der Waals surface area contributed by atoms with Crippen LogP contribution in [0.3, 0.4) is 0 Å². The molecule has 2 aromatic carbocycles. The number of hydrogen-bond donors (Lipinski definition) is 2. The molecular weight excluding hydrogens is 278 g/mol. The molecule has 0 heterocycles. The molecule has 0 saturated carbocycles. The largest absolute Gasteiger partial charge is 0.497 e. The third-order valence-electron chi connectivity index (χ3n) is 2.75. The smallest absolute Gasteiger partial charge is 0.243 e. The average molecular weight is 292 g/mol. The van der Waals surface area contributed by atoms with Gasteiger partial charge in [0.25, 0.3) is 0 Å². The van der Waals surface area contributed by atoms with E-state index in [1.807, 2.05) is 0 Å². The zero-order valence-corrected chi connectivity index (χ0v) is 11.3. The Labute approximate surface area is 120 Å². The molecule has 0 spiro atoms. The van der Waals surface area contributed by atoms with Gasteiger partial charge in [-0.1, -0.05) is 0 Å². The summed E-state index contributed by atoms with van der Waals surface area (Å²) in [7, 11) is 1.55. The van der Waals surface area contributed by atoms with Gasteiger partial charge >= 0.3 is 0 Å². The molecule has 0 aromatic heterocycles. The molecule has 110 valence electrons. The van der Waals surface area contributed by atoms with E-state index in [0.29, 0.717) is 17.1 Å². The number of anilines is 2. The van der Waals surface area contributed by atoms with E-state index in [4.69, 9.17) is 4.74 Å². The van der Waals surface area contributed by atoms with Gasteiger partial charge in [-0.05, 0) is 36.4 Å². The van der Waals surface area contributed by atoms with Crippen molar-refractivity contribution in [2.45, 2.75) is 0 Å². The zero-order valence-electron chi connectivity index (χ0n) is 11.3. The van der Waals surface area contributed by atoms with Gasteiger partial charge in [0.05, 0.1) is 13.7 Å². The molecule has 0 saturated heterocycles. The van der Waals surface area contributed by atoms with Crippen LogP contribution in [-0.2, 0) is 4.79 Å². The maximum absolute atomic E-state index is 13.0. The van der Waals surface area contributed by atoms with Crippen molar-refractivity contribution in [2.75, 3.05) is 24.3 Å². The van der Waals surface area contributed by atoms with Crippen molar-refractivity contribution < 1.29 is 18.3 Å². The summed E-state index contributed by atoms with van der Waals surface area (Å²) in [5.74, 6) is -1.50. The zero-order chi connectivity index (χ0) is 15.2. The van der Waals surface area contributed by atoms with Gasteiger partial charge in [-0.2, -0.15) is 0 Å². The van der Waals surface area contributed by atoms with E-state index in [9.17, 15) is 13.6 Å². The summed E-state index contributed by atoms with van der Waals surface area (Å²) >= 11 is 0. The van der Waals surface area contributed by atoms with Gasteiger partial charge in [-0.15, -0.1) is 0 Å². The Morgan fingerprint density at radius 2 is 1.71 bits per heavy atom. The third kappa shape index (κ3) is 4.17. The lowest BCUT2D eigenvalue weighted by molar-refractivity contribution is -0.114. The van der Waals surface area contributed by atoms with E-state index < -0.39 is 11.6 Å². The van der Waals surface area contributed by atoms with Crippen molar-refractivity contribution in [2.24, 2.45) is 0 Å². The van der Waals surface area contributed by atoms with Crippen LogP contribution < -0.4 is 15.4 Å². The second kappa shape index (κ2) is 6.69. The number of methoxy groups -OCH3 is 1. The van der Waals surface area contributed by atoms with Crippen molar-refractivity contribution in [3.63, 3.8) is 0 Å². The van der Waals surface area contributed by atoms with Gasteiger partial charge in [0.2, 0.25) is 5.91 Å². The van der Waals surface area contributed by atoms with E-state index in [-0.39, 0.29) is 12.5 Å². The Kier molecular flexibility index (Phi) is 4.71. The first-order valence-corrected chi connectivity index (χ1v) is 6.21. The summed E-state index contributed by atoms with van der Waals surface area (Å²) in [4.78, 5) is 11.7. The number of benzene rings is 2. The highest BCUT2D eigenvalue weighted by atomic mass is 19.2. The van der Waals surface area contributed by atoms with Gasteiger partial charge in [-0.25, -0.2) is 8.78 Å². The molecule has 21 heavy (non-hydrogen) atoms. The number of rotatable bonds is 5. The van der Waals surface area contributed by atoms with Gasteiger partial charge in [-0.3, -0.25) is 4.79 Å². The van der Waals surface area contributed by atoms with E-state index in [1.54, 1.807) is 31.4 Å². The number of nitrogens with one attached hydrogen (secondary N) is 2. The van der Waals surface area contributed by atoms with Crippen molar-refractivity contribution in [1.82, 2.24) is 0 Å². The minimum Gasteiger partial charge on any atom is -0.497 e. The molecule has 0 aliphatic rings. The van der Waals surface area contributed by atoms with Gasteiger partial charge in [0, 0.05) is 17.4 Å². The fourth-order valence-electron chi connectivity index (χ4n) is 1.67. The Bertz CT molecular complexity index is 630. The van der Waals surface area contributed by atoms with Crippen LogP contribution in [0.5, 0.6) is 5.75 Å². The summed E-state index contributed by atoms with van der Waals surface area (Å²) < 4.78 is 30.8. The van der Waals surface area contributed by atoms with E-state index in [1.165, 1.54) is 6.07 Å². The summed E-state index contributed by atoms with van der Waals surface area (Å²) in [6.07, 6.45) is 0. The standard InChI is InChI=1S/C15H14F2N2O2/c1-21-12-5-2-10(3-6-12)19-15(20)9-18-11-4-7-13(16)14(17)8-11/h2-8,18H,9H2,1H3,(H,19,20). The van der Waals surface area contributed by atoms with Crippen LogP contribution in [0.25, 0.3) is 0 Å². The van der Waals surface area contributed by atoms with E-state index >= 15 is 0 Å². The molecule has 2 N–H and O–H groups in total. The Balaban J connectivity index is 1.87. The van der Waals surface area contributed by atoms with Crippen molar-refractivity contribution in [3.05, 3.63) is 54.1 Å². The molecule has 0 aliphatic carbocycles. The lowest BCUT2D eigenvalue weighted by Gasteiger charge is -2.08. The highest BCUT2D eigenvalue weighted by Gasteiger charge is 2.05. The molecule has 2 aromatic rings. The van der Waals surface area contributed by atoms with Crippen LogP contribution >= 0.6 is 0 Å². The molecule has 0 bridgehead atoms. The number of amides is 1. The van der Waals surface area contributed by atoms with Crippen LogP contribution in [0.1, 0.15) is 0 Å². The lowest BCUT2D eigenvalue weighted by Crippen LogP contribution is -2.21. The van der Waals surface area contributed by atoms with Crippen molar-refractivity contribution in [3.8, 4) is 5.75 Å².